The van der Waals surface area contributed by atoms with Crippen LogP contribution >= 0.6 is 0 Å². The van der Waals surface area contributed by atoms with Gasteiger partial charge in [0.1, 0.15) is 6.61 Å². The first kappa shape index (κ1) is 15.3. The van der Waals surface area contributed by atoms with E-state index in [0.29, 0.717) is 11.5 Å². The van der Waals surface area contributed by atoms with E-state index in [4.69, 9.17) is 9.47 Å². The number of aryl methyl sites for hydroxylation is 1. The highest BCUT2D eigenvalue weighted by Gasteiger charge is 2.27. The van der Waals surface area contributed by atoms with Crippen molar-refractivity contribution in [3.63, 3.8) is 0 Å². The van der Waals surface area contributed by atoms with Gasteiger partial charge < -0.3 is 14.5 Å². The van der Waals surface area contributed by atoms with Gasteiger partial charge >= 0.3 is 0 Å². The number of carbonyl (C=O) groups excluding carboxylic acids is 1. The third kappa shape index (κ3) is 2.94. The Hall–Kier alpha value is -3.28. The lowest BCUT2D eigenvalue weighted by atomic mass is 10.1. The lowest BCUT2D eigenvalue weighted by Crippen LogP contribution is -2.42. The summed E-state index contributed by atoms with van der Waals surface area (Å²) in [4.78, 5) is 15.5. The highest BCUT2D eigenvalue weighted by Crippen LogP contribution is 2.30. The number of hydrazone groups is 1. The summed E-state index contributed by atoms with van der Waals surface area (Å²) in [7, 11) is 0. The smallest absolute Gasteiger partial charge is 0.284 e. The van der Waals surface area contributed by atoms with E-state index in [1.54, 1.807) is 18.3 Å². The molecule has 0 unspecified atom stereocenters. The van der Waals surface area contributed by atoms with E-state index in [-0.39, 0.29) is 12.5 Å². The van der Waals surface area contributed by atoms with Gasteiger partial charge in [0.2, 0.25) is 6.10 Å². The molecule has 6 nitrogen and oxygen atoms in total. The quantitative estimate of drug-likeness (QED) is 0.571. The number of nitrogens with zero attached hydrogens (tertiary/aromatic N) is 1. The lowest BCUT2D eigenvalue weighted by Gasteiger charge is -2.24. The molecule has 0 aliphatic carbocycles. The van der Waals surface area contributed by atoms with E-state index in [1.807, 2.05) is 43.3 Å². The van der Waals surface area contributed by atoms with Crippen molar-refractivity contribution in [2.75, 3.05) is 6.61 Å². The number of nitrogens with one attached hydrogen (secondary N) is 2. The second-order valence-corrected chi connectivity index (χ2v) is 5.81. The van der Waals surface area contributed by atoms with Crippen molar-refractivity contribution in [3.8, 4) is 11.5 Å². The lowest BCUT2D eigenvalue weighted by molar-refractivity contribution is -0.130. The van der Waals surface area contributed by atoms with Crippen LogP contribution in [-0.2, 0) is 4.79 Å². The van der Waals surface area contributed by atoms with Crippen molar-refractivity contribution in [2.24, 2.45) is 5.10 Å². The monoisotopic (exact) mass is 335 g/mol. The van der Waals surface area contributed by atoms with Crippen molar-refractivity contribution >= 4 is 23.0 Å². The highest BCUT2D eigenvalue weighted by molar-refractivity contribution is 6.00. The summed E-state index contributed by atoms with van der Waals surface area (Å²) in [5, 5.41) is 5.14. The minimum Gasteiger partial charge on any atom is -0.485 e. The molecule has 1 aliphatic rings. The van der Waals surface area contributed by atoms with Crippen LogP contribution in [0.4, 0.5) is 0 Å². The van der Waals surface area contributed by atoms with Crippen molar-refractivity contribution in [1.29, 1.82) is 0 Å². The van der Waals surface area contributed by atoms with Crippen LogP contribution in [0.15, 0.2) is 53.6 Å². The number of hydrogen-bond donors (Lipinski definition) is 2. The fraction of sp³-hybridized carbons (Fsp3) is 0.158. The number of carbonyl (C=O) groups is 1. The van der Waals surface area contributed by atoms with Gasteiger partial charge in [-0.25, -0.2) is 5.43 Å². The highest BCUT2D eigenvalue weighted by atomic mass is 16.6. The number of benzene rings is 2. The SMILES string of the molecule is Cc1[nH]c2ccccc2c1/C=N/NC(=O)[C@H]1COc2ccccc2O1. The van der Waals surface area contributed by atoms with Gasteiger partial charge in [0, 0.05) is 22.2 Å². The second-order valence-electron chi connectivity index (χ2n) is 5.81. The Balaban J connectivity index is 1.45. The van der Waals surface area contributed by atoms with E-state index >= 15 is 0 Å². The molecule has 0 fully saturated rings. The molecule has 1 atom stereocenters. The summed E-state index contributed by atoms with van der Waals surface area (Å²) >= 11 is 0. The zero-order valence-corrected chi connectivity index (χ0v) is 13.7. The van der Waals surface area contributed by atoms with E-state index in [2.05, 4.69) is 15.5 Å². The first-order valence-electron chi connectivity index (χ1n) is 8.01. The van der Waals surface area contributed by atoms with Crippen LogP contribution in [0.2, 0.25) is 0 Å². The van der Waals surface area contributed by atoms with Crippen LogP contribution < -0.4 is 14.9 Å². The Kier molecular flexibility index (Phi) is 3.85. The molecule has 3 aromatic rings. The zero-order chi connectivity index (χ0) is 17.2. The molecule has 1 aromatic heterocycles. The molecule has 4 rings (SSSR count). The molecule has 0 saturated carbocycles. The number of fused-ring (bicyclic) bond motifs is 2. The molecule has 0 bridgehead atoms. The molecule has 0 saturated heterocycles. The Morgan fingerprint density at radius 1 is 1.20 bits per heavy atom. The number of para-hydroxylation sites is 3. The van der Waals surface area contributed by atoms with Gasteiger partial charge in [0.25, 0.3) is 5.91 Å². The maximum Gasteiger partial charge on any atom is 0.284 e. The molecule has 1 amide bonds. The predicted octanol–water partition coefficient (Wildman–Crippen LogP) is 2.77. The standard InChI is InChI=1S/C19H17N3O3/c1-12-14(13-6-2-3-7-15(13)21-12)10-20-22-19(23)18-11-24-16-8-4-5-9-17(16)25-18/h2-10,18,21H,11H2,1H3,(H,22,23)/b20-10+/t18-/m1/s1. The number of amides is 1. The number of H-pyrrole nitrogens is 1. The molecule has 6 heteroatoms. The Morgan fingerprint density at radius 3 is 2.84 bits per heavy atom. The molecule has 0 spiro atoms. The molecule has 1 aliphatic heterocycles. The van der Waals surface area contributed by atoms with Gasteiger partial charge in [0.15, 0.2) is 11.5 Å². The molecule has 2 N–H and O–H groups in total. The van der Waals surface area contributed by atoms with E-state index < -0.39 is 6.10 Å². The third-order valence-electron chi connectivity index (χ3n) is 4.11. The molecule has 2 heterocycles. The number of aromatic nitrogens is 1. The van der Waals surface area contributed by atoms with Gasteiger partial charge in [-0.3, -0.25) is 4.79 Å². The summed E-state index contributed by atoms with van der Waals surface area (Å²) in [6, 6.07) is 15.2. The minimum atomic E-state index is -0.726. The second kappa shape index (κ2) is 6.32. The Labute approximate surface area is 144 Å². The molecule has 2 aromatic carbocycles. The van der Waals surface area contributed by atoms with Gasteiger partial charge in [-0.2, -0.15) is 5.10 Å². The molecule has 126 valence electrons. The average molecular weight is 335 g/mol. The number of hydrogen-bond acceptors (Lipinski definition) is 4. The Bertz CT molecular complexity index is 961. The third-order valence-corrected chi connectivity index (χ3v) is 4.11. The topological polar surface area (TPSA) is 75.7 Å². The van der Waals surface area contributed by atoms with E-state index in [1.165, 1.54) is 0 Å². The molecule has 25 heavy (non-hydrogen) atoms. The summed E-state index contributed by atoms with van der Waals surface area (Å²) in [5.41, 5.74) is 5.50. The average Bonchev–Trinajstić information content (AvgIpc) is 2.96. The van der Waals surface area contributed by atoms with Crippen molar-refractivity contribution < 1.29 is 14.3 Å². The normalized spacial score (nSPS) is 16.3. The summed E-state index contributed by atoms with van der Waals surface area (Å²) in [6.45, 7) is 2.13. The molecular weight excluding hydrogens is 318 g/mol. The molecule has 0 radical (unpaired) electrons. The van der Waals surface area contributed by atoms with Crippen LogP contribution in [-0.4, -0.2) is 29.8 Å². The summed E-state index contributed by atoms with van der Waals surface area (Å²) in [5.74, 6) is 0.859. The van der Waals surface area contributed by atoms with Crippen molar-refractivity contribution in [1.82, 2.24) is 10.4 Å². The first-order chi connectivity index (χ1) is 12.2. The zero-order valence-electron chi connectivity index (χ0n) is 13.7. The van der Waals surface area contributed by atoms with Crippen LogP contribution in [0.1, 0.15) is 11.3 Å². The van der Waals surface area contributed by atoms with Gasteiger partial charge in [-0.15, -0.1) is 0 Å². The van der Waals surface area contributed by atoms with Crippen LogP contribution in [0, 0.1) is 6.92 Å². The fourth-order valence-corrected chi connectivity index (χ4v) is 2.85. The van der Waals surface area contributed by atoms with E-state index in [9.17, 15) is 4.79 Å². The van der Waals surface area contributed by atoms with Gasteiger partial charge in [-0.05, 0) is 25.1 Å². The van der Waals surface area contributed by atoms with Gasteiger partial charge in [-0.1, -0.05) is 30.3 Å². The number of rotatable bonds is 3. The number of ether oxygens (including phenoxy) is 2. The van der Waals surface area contributed by atoms with Crippen LogP contribution in [0.5, 0.6) is 11.5 Å². The summed E-state index contributed by atoms with van der Waals surface area (Å²) < 4.78 is 11.2. The van der Waals surface area contributed by atoms with Crippen molar-refractivity contribution in [2.45, 2.75) is 13.0 Å². The minimum absolute atomic E-state index is 0.157. The van der Waals surface area contributed by atoms with E-state index in [0.717, 1.165) is 22.2 Å². The maximum absolute atomic E-state index is 12.2. The Morgan fingerprint density at radius 2 is 1.96 bits per heavy atom. The van der Waals surface area contributed by atoms with Crippen molar-refractivity contribution in [3.05, 3.63) is 59.8 Å². The maximum atomic E-state index is 12.2. The fourth-order valence-electron chi connectivity index (χ4n) is 2.85. The van der Waals surface area contributed by atoms with Gasteiger partial charge in [0.05, 0.1) is 6.21 Å². The molecular formula is C19H17N3O3. The number of aromatic amines is 1. The first-order valence-corrected chi connectivity index (χ1v) is 8.01. The van der Waals surface area contributed by atoms with Crippen LogP contribution in [0.3, 0.4) is 0 Å². The van der Waals surface area contributed by atoms with Crippen LogP contribution in [0.25, 0.3) is 10.9 Å². The predicted molar refractivity (Wildman–Crippen MR) is 95.1 cm³/mol. The largest absolute Gasteiger partial charge is 0.485 e. The summed E-state index contributed by atoms with van der Waals surface area (Å²) in [6.07, 6.45) is 0.917.